The zero-order valence-electron chi connectivity index (χ0n) is 9.80. The molecule has 0 bridgehead atoms. The van der Waals surface area contributed by atoms with Gasteiger partial charge in [0.25, 0.3) is 0 Å². The number of thioether (sulfide) groups is 1. The monoisotopic (exact) mass is 234 g/mol. The molecule has 0 spiro atoms. The fraction of sp³-hybridized carbons (Fsp3) is 0.900. The Balaban J connectivity index is 3.49. The Morgan fingerprint density at radius 1 is 1.53 bits per heavy atom. The molecule has 0 saturated heterocycles. The van der Waals surface area contributed by atoms with Gasteiger partial charge in [0.05, 0.1) is 5.60 Å². The molecular weight excluding hydrogens is 212 g/mol. The molecule has 5 heteroatoms. The molecule has 0 aliphatic carbocycles. The first-order valence-corrected chi connectivity index (χ1v) is 6.60. The van der Waals surface area contributed by atoms with E-state index in [1.807, 2.05) is 13.2 Å². The first kappa shape index (κ1) is 14.7. The Hall–Kier alpha value is -0.260. The Bertz CT molecular complexity index is 186. The van der Waals surface area contributed by atoms with E-state index in [1.165, 1.54) is 0 Å². The molecule has 0 fully saturated rings. The molecule has 0 saturated carbocycles. The number of nitrogens with one attached hydrogen (secondary N) is 2. The van der Waals surface area contributed by atoms with Crippen LogP contribution in [0.1, 0.15) is 20.3 Å². The SMILES string of the molecule is CCNC(=O)CCNCC(C)(O)CSC. The van der Waals surface area contributed by atoms with Gasteiger partial charge in [0.2, 0.25) is 5.91 Å². The lowest BCUT2D eigenvalue weighted by atomic mass is 10.1. The first-order valence-electron chi connectivity index (χ1n) is 5.20. The van der Waals surface area contributed by atoms with Crippen LogP contribution in [0.2, 0.25) is 0 Å². The van der Waals surface area contributed by atoms with E-state index in [-0.39, 0.29) is 5.91 Å². The minimum Gasteiger partial charge on any atom is -0.388 e. The zero-order chi connectivity index (χ0) is 11.7. The number of amides is 1. The van der Waals surface area contributed by atoms with Gasteiger partial charge in [-0.3, -0.25) is 4.79 Å². The van der Waals surface area contributed by atoms with E-state index in [1.54, 1.807) is 18.7 Å². The number of aliphatic hydroxyl groups is 1. The van der Waals surface area contributed by atoms with E-state index in [0.717, 1.165) is 0 Å². The smallest absolute Gasteiger partial charge is 0.221 e. The molecule has 15 heavy (non-hydrogen) atoms. The van der Waals surface area contributed by atoms with Crippen LogP contribution in [0.3, 0.4) is 0 Å². The van der Waals surface area contributed by atoms with E-state index in [4.69, 9.17) is 0 Å². The van der Waals surface area contributed by atoms with Crippen molar-refractivity contribution in [3.05, 3.63) is 0 Å². The van der Waals surface area contributed by atoms with Gasteiger partial charge in [-0.2, -0.15) is 11.8 Å². The minimum absolute atomic E-state index is 0.0505. The summed E-state index contributed by atoms with van der Waals surface area (Å²) in [6, 6.07) is 0. The molecule has 0 aliphatic rings. The van der Waals surface area contributed by atoms with Gasteiger partial charge < -0.3 is 15.7 Å². The summed E-state index contributed by atoms with van der Waals surface area (Å²) in [4.78, 5) is 11.1. The Morgan fingerprint density at radius 3 is 2.73 bits per heavy atom. The molecule has 0 aliphatic heterocycles. The van der Waals surface area contributed by atoms with Crippen molar-refractivity contribution in [2.24, 2.45) is 0 Å². The van der Waals surface area contributed by atoms with Crippen molar-refractivity contribution >= 4 is 17.7 Å². The zero-order valence-corrected chi connectivity index (χ0v) is 10.6. The van der Waals surface area contributed by atoms with Gasteiger partial charge in [0.1, 0.15) is 0 Å². The first-order chi connectivity index (χ1) is 7.02. The third-order valence-electron chi connectivity index (χ3n) is 1.86. The Kier molecular flexibility index (Phi) is 7.82. The maximum absolute atomic E-state index is 11.1. The average Bonchev–Trinajstić information content (AvgIpc) is 2.13. The molecule has 4 nitrogen and oxygen atoms in total. The standard InChI is InChI=1S/C10H22N2O2S/c1-4-12-9(13)5-6-11-7-10(2,14)8-15-3/h11,14H,4-8H2,1-3H3,(H,12,13). The third kappa shape index (κ3) is 8.72. The lowest BCUT2D eigenvalue weighted by Gasteiger charge is -2.22. The molecule has 0 aromatic heterocycles. The highest BCUT2D eigenvalue weighted by molar-refractivity contribution is 7.98. The Morgan fingerprint density at radius 2 is 2.20 bits per heavy atom. The molecule has 0 aromatic carbocycles. The quantitative estimate of drug-likeness (QED) is 0.526. The summed E-state index contributed by atoms with van der Waals surface area (Å²) in [6.45, 7) is 5.49. The van der Waals surface area contributed by atoms with Gasteiger partial charge in [-0.15, -0.1) is 0 Å². The number of hydrogen-bond donors (Lipinski definition) is 3. The van der Waals surface area contributed by atoms with Gasteiger partial charge in [-0.1, -0.05) is 0 Å². The maximum atomic E-state index is 11.1. The van der Waals surface area contributed by atoms with Gasteiger partial charge in [-0.05, 0) is 20.1 Å². The van der Waals surface area contributed by atoms with E-state index in [0.29, 0.717) is 31.8 Å². The molecule has 1 amide bonds. The molecule has 1 atom stereocenters. The summed E-state index contributed by atoms with van der Waals surface area (Å²) in [5.74, 6) is 0.746. The van der Waals surface area contributed by atoms with Crippen molar-refractivity contribution in [2.45, 2.75) is 25.9 Å². The van der Waals surface area contributed by atoms with Crippen molar-refractivity contribution in [3.8, 4) is 0 Å². The fourth-order valence-corrected chi connectivity index (χ4v) is 1.93. The van der Waals surface area contributed by atoms with Gasteiger partial charge >= 0.3 is 0 Å². The third-order valence-corrected chi connectivity index (χ3v) is 2.77. The second-order valence-electron chi connectivity index (χ2n) is 3.81. The Labute approximate surface area is 96.2 Å². The minimum atomic E-state index is -0.694. The number of rotatable bonds is 8. The van der Waals surface area contributed by atoms with Crippen LogP contribution in [-0.2, 0) is 4.79 Å². The second-order valence-corrected chi connectivity index (χ2v) is 4.68. The van der Waals surface area contributed by atoms with Crippen LogP contribution in [0.5, 0.6) is 0 Å². The van der Waals surface area contributed by atoms with Crippen molar-refractivity contribution in [1.82, 2.24) is 10.6 Å². The highest BCUT2D eigenvalue weighted by Crippen LogP contribution is 2.08. The summed E-state index contributed by atoms with van der Waals surface area (Å²) < 4.78 is 0. The molecule has 0 heterocycles. The number of carbonyl (C=O) groups is 1. The van der Waals surface area contributed by atoms with E-state index < -0.39 is 5.60 Å². The van der Waals surface area contributed by atoms with Gasteiger partial charge in [-0.25, -0.2) is 0 Å². The molecule has 0 radical (unpaired) electrons. The van der Waals surface area contributed by atoms with Crippen LogP contribution >= 0.6 is 11.8 Å². The van der Waals surface area contributed by atoms with Gasteiger partial charge in [0.15, 0.2) is 0 Å². The highest BCUT2D eigenvalue weighted by Gasteiger charge is 2.18. The molecule has 0 aromatic rings. The summed E-state index contributed by atoms with van der Waals surface area (Å²) >= 11 is 1.61. The van der Waals surface area contributed by atoms with Crippen LogP contribution in [0.25, 0.3) is 0 Å². The lowest BCUT2D eigenvalue weighted by Crippen LogP contribution is -2.41. The number of hydrogen-bond acceptors (Lipinski definition) is 4. The summed E-state index contributed by atoms with van der Waals surface area (Å²) in [5.41, 5.74) is -0.694. The predicted molar refractivity (Wildman–Crippen MR) is 65.2 cm³/mol. The van der Waals surface area contributed by atoms with Crippen molar-refractivity contribution in [2.75, 3.05) is 31.6 Å². The fourth-order valence-electron chi connectivity index (χ4n) is 1.21. The largest absolute Gasteiger partial charge is 0.388 e. The molecule has 3 N–H and O–H groups in total. The predicted octanol–water partition coefficient (Wildman–Crippen LogP) is 0.216. The molecule has 90 valence electrons. The summed E-state index contributed by atoms with van der Waals surface area (Å²) in [5, 5.41) is 15.6. The van der Waals surface area contributed by atoms with Crippen LogP contribution in [-0.4, -0.2) is 48.3 Å². The van der Waals surface area contributed by atoms with Gasteiger partial charge in [0, 0.05) is 31.8 Å². The molecule has 1 unspecified atom stereocenters. The van der Waals surface area contributed by atoms with Crippen molar-refractivity contribution < 1.29 is 9.90 Å². The van der Waals surface area contributed by atoms with E-state index >= 15 is 0 Å². The number of carbonyl (C=O) groups excluding carboxylic acids is 1. The second kappa shape index (κ2) is 7.96. The highest BCUT2D eigenvalue weighted by atomic mass is 32.2. The van der Waals surface area contributed by atoms with Crippen LogP contribution in [0.4, 0.5) is 0 Å². The van der Waals surface area contributed by atoms with Crippen LogP contribution in [0, 0.1) is 0 Å². The van der Waals surface area contributed by atoms with Crippen LogP contribution in [0.15, 0.2) is 0 Å². The molecular formula is C10H22N2O2S. The maximum Gasteiger partial charge on any atom is 0.221 e. The van der Waals surface area contributed by atoms with Crippen molar-refractivity contribution in [1.29, 1.82) is 0 Å². The summed E-state index contributed by atoms with van der Waals surface area (Å²) in [7, 11) is 0. The van der Waals surface area contributed by atoms with Crippen molar-refractivity contribution in [3.63, 3.8) is 0 Å². The van der Waals surface area contributed by atoms with E-state index in [9.17, 15) is 9.90 Å². The average molecular weight is 234 g/mol. The van der Waals surface area contributed by atoms with E-state index in [2.05, 4.69) is 10.6 Å². The normalized spacial score (nSPS) is 14.7. The lowest BCUT2D eigenvalue weighted by molar-refractivity contribution is -0.120. The van der Waals surface area contributed by atoms with Crippen LogP contribution < -0.4 is 10.6 Å². The summed E-state index contributed by atoms with van der Waals surface area (Å²) in [6.07, 6.45) is 2.42. The molecule has 0 rings (SSSR count). The topological polar surface area (TPSA) is 61.4 Å².